The van der Waals surface area contributed by atoms with E-state index < -0.39 is 17.2 Å². The minimum atomic E-state index is -0.691. The lowest BCUT2D eigenvalue weighted by Crippen LogP contribution is -2.40. The summed E-state index contributed by atoms with van der Waals surface area (Å²) in [7, 11) is 1.63. The van der Waals surface area contributed by atoms with Crippen LogP contribution in [0.3, 0.4) is 0 Å². The number of methoxy groups -OCH3 is 1. The highest BCUT2D eigenvalue weighted by molar-refractivity contribution is 5.92. The summed E-state index contributed by atoms with van der Waals surface area (Å²) in [6.45, 7) is 0.451. The smallest absolute Gasteiger partial charge is 0.326 e. The van der Waals surface area contributed by atoms with Gasteiger partial charge in [0.15, 0.2) is 0 Å². The van der Waals surface area contributed by atoms with Crippen molar-refractivity contribution in [3.05, 3.63) is 62.4 Å². The minimum Gasteiger partial charge on any atom is -0.497 e. The predicted octanol–water partition coefficient (Wildman–Crippen LogP) is 1.31. The highest BCUT2D eigenvalue weighted by Crippen LogP contribution is 2.41. The van der Waals surface area contributed by atoms with Crippen molar-refractivity contribution in [2.45, 2.75) is 31.1 Å². The van der Waals surface area contributed by atoms with Crippen LogP contribution in [0.1, 0.15) is 41.7 Å². The molecule has 132 valence electrons. The molecule has 1 aliphatic carbocycles. The van der Waals surface area contributed by atoms with Crippen LogP contribution in [0, 0.1) is 0 Å². The van der Waals surface area contributed by atoms with E-state index in [-0.39, 0.29) is 11.1 Å². The van der Waals surface area contributed by atoms with E-state index in [1.807, 2.05) is 29.2 Å². The Morgan fingerprint density at radius 1 is 1.16 bits per heavy atom. The van der Waals surface area contributed by atoms with E-state index in [4.69, 9.17) is 4.74 Å². The number of hydrogen-bond acceptors (Lipinski definition) is 4. The molecule has 1 aromatic heterocycles. The maximum atomic E-state index is 12.3. The number of hydrogen-bond donors (Lipinski definition) is 3. The number of rotatable bonds is 5. The number of ether oxygens (including phenoxy) is 1. The summed E-state index contributed by atoms with van der Waals surface area (Å²) in [6, 6.07) is 9.00. The fourth-order valence-electron chi connectivity index (χ4n) is 3.50. The van der Waals surface area contributed by atoms with Crippen LogP contribution in [0.5, 0.6) is 5.75 Å². The lowest BCUT2D eigenvalue weighted by atomic mass is 9.78. The predicted molar refractivity (Wildman–Crippen MR) is 93.2 cm³/mol. The molecule has 0 unspecified atom stereocenters. The van der Waals surface area contributed by atoms with Crippen LogP contribution in [0.15, 0.2) is 39.9 Å². The van der Waals surface area contributed by atoms with Crippen LogP contribution < -0.4 is 21.3 Å². The molecule has 1 aromatic carbocycles. The molecule has 1 fully saturated rings. The van der Waals surface area contributed by atoms with Crippen LogP contribution in [0.2, 0.25) is 0 Å². The number of amides is 1. The zero-order valence-corrected chi connectivity index (χ0v) is 14.1. The summed E-state index contributed by atoms with van der Waals surface area (Å²) >= 11 is 0. The van der Waals surface area contributed by atoms with Crippen LogP contribution in [-0.4, -0.2) is 29.5 Å². The van der Waals surface area contributed by atoms with Gasteiger partial charge < -0.3 is 15.0 Å². The first-order valence-electron chi connectivity index (χ1n) is 8.29. The molecule has 0 atom stereocenters. The summed E-state index contributed by atoms with van der Waals surface area (Å²) in [5.41, 5.74) is -0.297. The summed E-state index contributed by atoms with van der Waals surface area (Å²) < 4.78 is 5.21. The number of H-pyrrole nitrogens is 2. The van der Waals surface area contributed by atoms with Crippen molar-refractivity contribution >= 4 is 5.91 Å². The van der Waals surface area contributed by atoms with Crippen molar-refractivity contribution in [3.8, 4) is 5.75 Å². The number of nitrogens with one attached hydrogen (secondary N) is 3. The maximum absolute atomic E-state index is 12.3. The van der Waals surface area contributed by atoms with E-state index in [9.17, 15) is 14.4 Å². The van der Waals surface area contributed by atoms with Crippen LogP contribution in [0.4, 0.5) is 0 Å². The number of carbonyl (C=O) groups excluding carboxylic acids is 1. The molecule has 1 aliphatic rings. The van der Waals surface area contributed by atoms with E-state index in [0.717, 1.165) is 43.1 Å². The van der Waals surface area contributed by atoms with Crippen molar-refractivity contribution in [1.29, 1.82) is 0 Å². The van der Waals surface area contributed by atoms with Crippen molar-refractivity contribution in [2.24, 2.45) is 0 Å². The maximum Gasteiger partial charge on any atom is 0.326 e. The molecule has 3 N–H and O–H groups in total. The Balaban J connectivity index is 1.78. The highest BCUT2D eigenvalue weighted by Gasteiger charge is 2.36. The molecule has 0 radical (unpaired) electrons. The average Bonchev–Trinajstić information content (AvgIpc) is 3.09. The summed E-state index contributed by atoms with van der Waals surface area (Å²) in [6.07, 6.45) is 4.16. The largest absolute Gasteiger partial charge is 0.497 e. The number of benzene rings is 1. The molecule has 3 rings (SSSR count). The Morgan fingerprint density at radius 3 is 2.44 bits per heavy atom. The fraction of sp³-hybridized carbons (Fsp3) is 0.389. The lowest BCUT2D eigenvalue weighted by molar-refractivity contribution is 0.0937. The van der Waals surface area contributed by atoms with Crippen molar-refractivity contribution < 1.29 is 9.53 Å². The summed E-state index contributed by atoms with van der Waals surface area (Å²) in [5.74, 6) is 0.338. The molecule has 7 heteroatoms. The van der Waals surface area contributed by atoms with E-state index in [0.29, 0.717) is 6.54 Å². The number of aromatic amines is 2. The van der Waals surface area contributed by atoms with Gasteiger partial charge in [-0.05, 0) is 30.5 Å². The van der Waals surface area contributed by atoms with Gasteiger partial charge in [0.2, 0.25) is 0 Å². The van der Waals surface area contributed by atoms with Gasteiger partial charge in [-0.3, -0.25) is 14.6 Å². The molecular weight excluding hydrogens is 322 g/mol. The molecule has 7 nitrogen and oxygen atoms in total. The molecule has 1 amide bonds. The number of carbonyl (C=O) groups is 1. The molecule has 25 heavy (non-hydrogen) atoms. The SMILES string of the molecule is COc1ccc(C2(CNC(=O)c3cc(=O)[nH]c(=O)[nH]3)CCCC2)cc1. The van der Waals surface area contributed by atoms with Crippen molar-refractivity contribution in [2.75, 3.05) is 13.7 Å². The average molecular weight is 343 g/mol. The van der Waals surface area contributed by atoms with Gasteiger partial charge in [-0.2, -0.15) is 0 Å². The zero-order chi connectivity index (χ0) is 17.9. The standard InChI is InChI=1S/C18H21N3O4/c1-25-13-6-4-12(5-7-13)18(8-2-3-9-18)11-19-16(23)14-10-15(22)21-17(24)20-14/h4-7,10H,2-3,8-9,11H2,1H3,(H,19,23)(H2,20,21,22,24). The van der Waals surface area contributed by atoms with Gasteiger partial charge in [0.25, 0.3) is 11.5 Å². The monoisotopic (exact) mass is 343 g/mol. The van der Waals surface area contributed by atoms with Gasteiger partial charge in [0.05, 0.1) is 7.11 Å². The van der Waals surface area contributed by atoms with E-state index in [1.165, 1.54) is 0 Å². The molecular formula is C18H21N3O4. The Hall–Kier alpha value is -2.83. The highest BCUT2D eigenvalue weighted by atomic mass is 16.5. The van der Waals surface area contributed by atoms with Gasteiger partial charge in [-0.25, -0.2) is 4.79 Å². The summed E-state index contributed by atoms with van der Waals surface area (Å²) in [4.78, 5) is 39.4. The first kappa shape index (κ1) is 17.0. The minimum absolute atomic E-state index is 0.0309. The van der Waals surface area contributed by atoms with Gasteiger partial charge in [-0.1, -0.05) is 25.0 Å². The van der Waals surface area contributed by atoms with Crippen LogP contribution in [0.25, 0.3) is 0 Å². The topological polar surface area (TPSA) is 104 Å². The van der Waals surface area contributed by atoms with E-state index in [1.54, 1.807) is 7.11 Å². The Kier molecular flexibility index (Phi) is 4.74. The van der Waals surface area contributed by atoms with E-state index in [2.05, 4.69) is 10.3 Å². The van der Waals surface area contributed by atoms with Crippen molar-refractivity contribution in [3.63, 3.8) is 0 Å². The molecule has 0 spiro atoms. The van der Waals surface area contributed by atoms with Crippen LogP contribution >= 0.6 is 0 Å². The second-order valence-corrected chi connectivity index (χ2v) is 6.40. The molecule has 0 bridgehead atoms. The second-order valence-electron chi connectivity index (χ2n) is 6.40. The van der Waals surface area contributed by atoms with Crippen LogP contribution in [-0.2, 0) is 5.41 Å². The molecule has 0 aliphatic heterocycles. The van der Waals surface area contributed by atoms with Gasteiger partial charge in [0, 0.05) is 18.0 Å². The zero-order valence-electron chi connectivity index (χ0n) is 14.1. The first-order valence-corrected chi connectivity index (χ1v) is 8.29. The van der Waals surface area contributed by atoms with Gasteiger partial charge >= 0.3 is 5.69 Å². The molecule has 1 heterocycles. The molecule has 1 saturated carbocycles. The first-order chi connectivity index (χ1) is 12.0. The summed E-state index contributed by atoms with van der Waals surface area (Å²) in [5, 5.41) is 2.87. The Labute approximate surface area is 144 Å². The lowest BCUT2D eigenvalue weighted by Gasteiger charge is -2.30. The third-order valence-corrected chi connectivity index (χ3v) is 4.86. The fourth-order valence-corrected chi connectivity index (χ4v) is 3.50. The van der Waals surface area contributed by atoms with E-state index >= 15 is 0 Å². The normalized spacial score (nSPS) is 15.7. The van der Waals surface area contributed by atoms with Gasteiger partial charge in [-0.15, -0.1) is 0 Å². The Morgan fingerprint density at radius 2 is 1.84 bits per heavy atom. The quantitative estimate of drug-likeness (QED) is 0.761. The number of aromatic nitrogens is 2. The third kappa shape index (κ3) is 3.65. The third-order valence-electron chi connectivity index (χ3n) is 4.86. The Bertz CT molecular complexity index is 833. The van der Waals surface area contributed by atoms with Gasteiger partial charge in [0.1, 0.15) is 11.4 Å². The second kappa shape index (κ2) is 6.96. The molecule has 0 saturated heterocycles. The van der Waals surface area contributed by atoms with Crippen molar-refractivity contribution in [1.82, 2.24) is 15.3 Å². The molecule has 2 aromatic rings.